The van der Waals surface area contributed by atoms with Gasteiger partial charge in [-0.15, -0.1) is 12.4 Å². The predicted octanol–water partition coefficient (Wildman–Crippen LogP) is 3.14. The number of nitrogens with two attached hydrogens (primary N) is 1. The standard InChI is InChI=1S/C13H16ClF3N2O2S.ClH/c1-8-4-9(6-18)7-19(8)22(20,21)12-3-2-10(14)5-11(12)13(15,16)17;/h2-3,5,8-9H,4,6-7,18H2,1H3;1H. The summed E-state index contributed by atoms with van der Waals surface area (Å²) in [5, 5.41) is -0.166. The summed E-state index contributed by atoms with van der Waals surface area (Å²) in [5.74, 6) is -0.0496. The molecule has 1 heterocycles. The Hall–Kier alpha value is -0.540. The molecule has 1 aliphatic rings. The molecule has 10 heteroatoms. The molecule has 0 radical (unpaired) electrons. The molecule has 0 bridgehead atoms. The van der Waals surface area contributed by atoms with Crippen molar-refractivity contribution in [3.8, 4) is 0 Å². The van der Waals surface area contributed by atoms with E-state index in [1.54, 1.807) is 6.92 Å². The molecule has 1 fully saturated rings. The minimum Gasteiger partial charge on any atom is -0.330 e. The fraction of sp³-hybridized carbons (Fsp3) is 0.538. The van der Waals surface area contributed by atoms with Crippen molar-refractivity contribution in [2.75, 3.05) is 13.1 Å². The van der Waals surface area contributed by atoms with Gasteiger partial charge in [0.05, 0.1) is 10.5 Å². The van der Waals surface area contributed by atoms with Crippen LogP contribution in [0.15, 0.2) is 23.1 Å². The van der Waals surface area contributed by atoms with Gasteiger partial charge in [0.2, 0.25) is 10.0 Å². The molecule has 132 valence electrons. The van der Waals surface area contributed by atoms with E-state index in [1.807, 2.05) is 0 Å². The molecule has 1 aliphatic heterocycles. The molecule has 0 amide bonds. The van der Waals surface area contributed by atoms with E-state index in [4.69, 9.17) is 17.3 Å². The monoisotopic (exact) mass is 392 g/mol. The van der Waals surface area contributed by atoms with Crippen LogP contribution in [-0.2, 0) is 16.2 Å². The van der Waals surface area contributed by atoms with Crippen LogP contribution in [0.25, 0.3) is 0 Å². The van der Waals surface area contributed by atoms with Crippen molar-refractivity contribution in [3.05, 3.63) is 28.8 Å². The van der Waals surface area contributed by atoms with Crippen molar-refractivity contribution in [1.82, 2.24) is 4.31 Å². The second-order valence-electron chi connectivity index (χ2n) is 5.40. The van der Waals surface area contributed by atoms with Gasteiger partial charge in [0.15, 0.2) is 0 Å². The largest absolute Gasteiger partial charge is 0.417 e. The molecule has 2 unspecified atom stereocenters. The van der Waals surface area contributed by atoms with Gasteiger partial charge in [0.1, 0.15) is 0 Å². The zero-order chi connectivity index (χ0) is 16.7. The summed E-state index contributed by atoms with van der Waals surface area (Å²) in [5.41, 5.74) is 4.29. The molecule has 2 rings (SSSR count). The van der Waals surface area contributed by atoms with Gasteiger partial charge in [-0.3, -0.25) is 0 Å². The third-order valence-electron chi connectivity index (χ3n) is 3.77. The molecule has 0 aliphatic carbocycles. The lowest BCUT2D eigenvalue weighted by Crippen LogP contribution is -2.35. The van der Waals surface area contributed by atoms with Crippen LogP contribution in [0.3, 0.4) is 0 Å². The number of hydrogen-bond donors (Lipinski definition) is 1. The number of halogens is 5. The second kappa shape index (κ2) is 7.14. The Bertz CT molecular complexity index is 668. The minimum atomic E-state index is -4.80. The van der Waals surface area contributed by atoms with Crippen LogP contribution in [0.5, 0.6) is 0 Å². The molecule has 2 atom stereocenters. The first-order valence-electron chi connectivity index (χ1n) is 6.66. The SMILES string of the molecule is CC1CC(CN)CN1S(=O)(=O)c1ccc(Cl)cc1C(F)(F)F.Cl. The Labute approximate surface area is 144 Å². The maximum Gasteiger partial charge on any atom is 0.417 e. The molecule has 0 saturated carbocycles. The quantitative estimate of drug-likeness (QED) is 0.858. The lowest BCUT2D eigenvalue weighted by Gasteiger charge is -2.23. The minimum absolute atomic E-state index is 0. The lowest BCUT2D eigenvalue weighted by molar-refractivity contribution is -0.139. The highest BCUT2D eigenvalue weighted by molar-refractivity contribution is 7.89. The van der Waals surface area contributed by atoms with E-state index in [-0.39, 0.29) is 29.9 Å². The number of benzene rings is 1. The Morgan fingerprint density at radius 3 is 2.48 bits per heavy atom. The van der Waals surface area contributed by atoms with Crippen LogP contribution < -0.4 is 5.73 Å². The van der Waals surface area contributed by atoms with Crippen molar-refractivity contribution < 1.29 is 21.6 Å². The van der Waals surface area contributed by atoms with Gasteiger partial charge < -0.3 is 5.73 Å². The second-order valence-corrected chi connectivity index (χ2v) is 7.69. The van der Waals surface area contributed by atoms with Gasteiger partial charge in [0, 0.05) is 17.6 Å². The summed E-state index contributed by atoms with van der Waals surface area (Å²) in [6.45, 7) is 2.08. The summed E-state index contributed by atoms with van der Waals surface area (Å²) in [4.78, 5) is -0.770. The van der Waals surface area contributed by atoms with Crippen molar-refractivity contribution in [2.24, 2.45) is 11.7 Å². The van der Waals surface area contributed by atoms with E-state index in [1.165, 1.54) is 0 Å². The van der Waals surface area contributed by atoms with Gasteiger partial charge in [-0.25, -0.2) is 8.42 Å². The molecule has 1 saturated heterocycles. The normalized spacial score (nSPS) is 22.9. The average molecular weight is 393 g/mol. The molecule has 1 aromatic rings. The predicted molar refractivity (Wildman–Crippen MR) is 84.2 cm³/mol. The highest BCUT2D eigenvalue weighted by Gasteiger charge is 2.43. The molecular weight excluding hydrogens is 376 g/mol. The first kappa shape index (κ1) is 20.5. The van der Waals surface area contributed by atoms with E-state index in [2.05, 4.69) is 0 Å². The number of sulfonamides is 1. The third kappa shape index (κ3) is 4.11. The van der Waals surface area contributed by atoms with Crippen LogP contribution in [0.2, 0.25) is 5.02 Å². The number of rotatable bonds is 3. The summed E-state index contributed by atoms with van der Waals surface area (Å²) in [6.07, 6.45) is -4.27. The van der Waals surface area contributed by atoms with Crippen molar-refractivity contribution in [3.63, 3.8) is 0 Å². The summed E-state index contributed by atoms with van der Waals surface area (Å²) in [6, 6.07) is 2.29. The molecular formula is C13H17Cl2F3N2O2S. The van der Waals surface area contributed by atoms with Gasteiger partial charge in [-0.05, 0) is 44.0 Å². The van der Waals surface area contributed by atoms with Gasteiger partial charge in [-0.1, -0.05) is 11.6 Å². The molecule has 23 heavy (non-hydrogen) atoms. The lowest BCUT2D eigenvalue weighted by atomic mass is 10.1. The van der Waals surface area contributed by atoms with Crippen molar-refractivity contribution in [1.29, 1.82) is 0 Å². The molecule has 4 nitrogen and oxygen atoms in total. The maximum absolute atomic E-state index is 13.1. The first-order chi connectivity index (χ1) is 10.1. The van der Waals surface area contributed by atoms with Crippen LogP contribution in [-0.4, -0.2) is 31.9 Å². The third-order valence-corrected chi connectivity index (χ3v) is 6.04. The molecule has 0 spiro atoms. The summed E-state index contributed by atoms with van der Waals surface area (Å²) in [7, 11) is -4.26. The Balaban J connectivity index is 0.00000264. The van der Waals surface area contributed by atoms with E-state index < -0.39 is 32.7 Å². The van der Waals surface area contributed by atoms with Gasteiger partial charge >= 0.3 is 6.18 Å². The Morgan fingerprint density at radius 2 is 2.00 bits per heavy atom. The number of nitrogens with zero attached hydrogens (tertiary/aromatic N) is 1. The zero-order valence-corrected chi connectivity index (χ0v) is 14.6. The molecule has 1 aromatic carbocycles. The van der Waals surface area contributed by atoms with Crippen molar-refractivity contribution >= 4 is 34.0 Å². The fourth-order valence-electron chi connectivity index (χ4n) is 2.69. The van der Waals surface area contributed by atoms with Crippen LogP contribution in [0.1, 0.15) is 18.9 Å². The zero-order valence-electron chi connectivity index (χ0n) is 12.2. The smallest absolute Gasteiger partial charge is 0.330 e. The Kier molecular flexibility index (Phi) is 6.37. The molecule has 0 aromatic heterocycles. The van der Waals surface area contributed by atoms with Crippen LogP contribution in [0.4, 0.5) is 13.2 Å². The van der Waals surface area contributed by atoms with Crippen LogP contribution in [0, 0.1) is 5.92 Å². The maximum atomic E-state index is 13.1. The van der Waals surface area contributed by atoms with E-state index in [0.29, 0.717) is 19.0 Å². The first-order valence-corrected chi connectivity index (χ1v) is 8.48. The van der Waals surface area contributed by atoms with Gasteiger partial charge in [-0.2, -0.15) is 17.5 Å². The van der Waals surface area contributed by atoms with Gasteiger partial charge in [0.25, 0.3) is 0 Å². The van der Waals surface area contributed by atoms with E-state index in [9.17, 15) is 21.6 Å². The topological polar surface area (TPSA) is 63.4 Å². The Morgan fingerprint density at radius 1 is 1.39 bits per heavy atom. The summed E-state index contributed by atoms with van der Waals surface area (Å²) >= 11 is 5.58. The number of alkyl halides is 3. The highest BCUT2D eigenvalue weighted by atomic mass is 35.5. The fourth-order valence-corrected chi connectivity index (χ4v) is 4.77. The van der Waals surface area contributed by atoms with Crippen molar-refractivity contribution in [2.45, 2.75) is 30.5 Å². The number of hydrogen-bond acceptors (Lipinski definition) is 3. The highest BCUT2D eigenvalue weighted by Crippen LogP contribution is 2.38. The summed E-state index contributed by atoms with van der Waals surface area (Å²) < 4.78 is 65.7. The van der Waals surface area contributed by atoms with E-state index >= 15 is 0 Å². The van der Waals surface area contributed by atoms with E-state index in [0.717, 1.165) is 16.4 Å². The van der Waals surface area contributed by atoms with Crippen LogP contribution >= 0.6 is 24.0 Å². The molecule has 2 N–H and O–H groups in total. The average Bonchev–Trinajstić information content (AvgIpc) is 2.79.